The average Bonchev–Trinajstić information content (AvgIpc) is 3.47. The van der Waals surface area contributed by atoms with E-state index in [-0.39, 0.29) is 12.5 Å². The Bertz CT molecular complexity index is 1380. The molecular formula is C70H131NO8. The maximum absolute atomic E-state index is 13.1. The molecule has 0 aliphatic carbocycles. The number of hydrogen-bond acceptors (Lipinski definition) is 8. The normalized spacial score (nSPS) is 18.8. The molecule has 0 radical (unpaired) electrons. The molecule has 1 saturated heterocycles. The number of unbranched alkanes of at least 4 members (excludes halogenated alkanes) is 42. The van der Waals surface area contributed by atoms with E-state index in [0.29, 0.717) is 12.8 Å². The summed E-state index contributed by atoms with van der Waals surface area (Å²) in [5.41, 5.74) is 0. The molecule has 1 aliphatic heterocycles. The van der Waals surface area contributed by atoms with Gasteiger partial charge in [-0.2, -0.15) is 0 Å². The van der Waals surface area contributed by atoms with E-state index < -0.39 is 49.5 Å². The summed E-state index contributed by atoms with van der Waals surface area (Å²) in [4.78, 5) is 13.1. The second-order valence-corrected chi connectivity index (χ2v) is 23.9. The number of amides is 1. The lowest BCUT2D eigenvalue weighted by molar-refractivity contribution is -0.302. The molecule has 7 atom stereocenters. The van der Waals surface area contributed by atoms with Gasteiger partial charge < -0.3 is 40.3 Å². The Morgan fingerprint density at radius 2 is 0.785 bits per heavy atom. The summed E-state index contributed by atoms with van der Waals surface area (Å²) in [6.45, 7) is 3.77. The van der Waals surface area contributed by atoms with E-state index in [4.69, 9.17) is 9.47 Å². The van der Waals surface area contributed by atoms with Crippen LogP contribution in [-0.4, -0.2) is 87.5 Å². The Morgan fingerprint density at radius 1 is 0.443 bits per heavy atom. The number of nitrogens with one attached hydrogen (secondary N) is 1. The van der Waals surface area contributed by atoms with Gasteiger partial charge in [-0.25, -0.2) is 0 Å². The quantitative estimate of drug-likeness (QED) is 0.0261. The van der Waals surface area contributed by atoms with Gasteiger partial charge in [0.05, 0.1) is 25.4 Å². The fourth-order valence-electron chi connectivity index (χ4n) is 11.1. The smallest absolute Gasteiger partial charge is 0.220 e. The van der Waals surface area contributed by atoms with Crippen LogP contribution in [-0.2, 0) is 14.3 Å². The van der Waals surface area contributed by atoms with E-state index in [1.165, 1.54) is 244 Å². The third kappa shape index (κ3) is 48.3. The highest BCUT2D eigenvalue weighted by Crippen LogP contribution is 2.24. The number of hydrogen-bond donors (Lipinski definition) is 6. The Kier molecular flexibility index (Phi) is 56.4. The molecule has 0 aromatic heterocycles. The van der Waals surface area contributed by atoms with E-state index in [0.717, 1.165) is 64.2 Å². The molecule has 0 spiro atoms. The van der Waals surface area contributed by atoms with Gasteiger partial charge in [0.2, 0.25) is 5.91 Å². The number of aliphatic hydroxyl groups excluding tert-OH is 5. The molecule has 0 saturated carbocycles. The van der Waals surface area contributed by atoms with Crippen LogP contribution in [0.2, 0.25) is 0 Å². The Morgan fingerprint density at radius 3 is 1.16 bits per heavy atom. The van der Waals surface area contributed by atoms with Crippen molar-refractivity contribution in [3.05, 3.63) is 48.6 Å². The maximum Gasteiger partial charge on any atom is 0.220 e. The van der Waals surface area contributed by atoms with Gasteiger partial charge in [-0.05, 0) is 51.4 Å². The number of rotatable bonds is 60. The lowest BCUT2D eigenvalue weighted by Crippen LogP contribution is -2.60. The highest BCUT2D eigenvalue weighted by atomic mass is 16.7. The summed E-state index contributed by atoms with van der Waals surface area (Å²) in [7, 11) is 0. The minimum Gasteiger partial charge on any atom is -0.394 e. The van der Waals surface area contributed by atoms with Crippen LogP contribution in [0.25, 0.3) is 0 Å². The molecule has 1 rings (SSSR count). The highest BCUT2D eigenvalue weighted by Gasteiger charge is 2.44. The van der Waals surface area contributed by atoms with Gasteiger partial charge in [-0.1, -0.05) is 326 Å². The van der Waals surface area contributed by atoms with Crippen molar-refractivity contribution in [3.8, 4) is 0 Å². The zero-order valence-corrected chi connectivity index (χ0v) is 51.9. The molecule has 9 heteroatoms. The average molecular weight is 1110 g/mol. The van der Waals surface area contributed by atoms with E-state index in [2.05, 4.69) is 67.8 Å². The zero-order chi connectivity index (χ0) is 57.2. The SMILES string of the molecule is CC/C=C\C/C=C\C/C=C\C/C=C\CCCCCCCCCCCCCCCCCCCCCCCCC(=O)NC(COC1OC(CO)C(O)C(O)C1O)C(O)CCCCCCCCCCCCCCCCCCCCCCC. The van der Waals surface area contributed by atoms with Crippen LogP contribution in [0, 0.1) is 0 Å². The van der Waals surface area contributed by atoms with Crippen LogP contribution in [0.15, 0.2) is 48.6 Å². The summed E-state index contributed by atoms with van der Waals surface area (Å²) < 4.78 is 11.4. The molecule has 1 amide bonds. The zero-order valence-electron chi connectivity index (χ0n) is 51.9. The van der Waals surface area contributed by atoms with Gasteiger partial charge >= 0.3 is 0 Å². The summed E-state index contributed by atoms with van der Waals surface area (Å²) >= 11 is 0. The predicted molar refractivity (Wildman–Crippen MR) is 336 cm³/mol. The minimum atomic E-state index is -1.55. The van der Waals surface area contributed by atoms with Crippen LogP contribution in [0.3, 0.4) is 0 Å². The number of allylic oxidation sites excluding steroid dienone is 8. The summed E-state index contributed by atoms with van der Waals surface area (Å²) in [6, 6.07) is -0.719. The molecule has 1 fully saturated rings. The Hall–Kier alpha value is -1.85. The summed E-state index contributed by atoms with van der Waals surface area (Å²) in [5, 5.41) is 54.9. The second-order valence-electron chi connectivity index (χ2n) is 23.9. The summed E-state index contributed by atoms with van der Waals surface area (Å²) in [5.74, 6) is -0.137. The van der Waals surface area contributed by atoms with E-state index >= 15 is 0 Å². The van der Waals surface area contributed by atoms with Gasteiger partial charge in [0, 0.05) is 6.42 Å². The molecule has 7 unspecified atom stereocenters. The van der Waals surface area contributed by atoms with Crippen molar-refractivity contribution < 1.29 is 39.8 Å². The highest BCUT2D eigenvalue weighted by molar-refractivity contribution is 5.76. The predicted octanol–water partition coefficient (Wildman–Crippen LogP) is 18.4. The van der Waals surface area contributed by atoms with Crippen LogP contribution in [0.1, 0.15) is 335 Å². The minimum absolute atomic E-state index is 0.134. The fraction of sp³-hybridized carbons (Fsp3) is 0.871. The van der Waals surface area contributed by atoms with Crippen molar-refractivity contribution in [1.29, 1.82) is 0 Å². The number of ether oxygens (including phenoxy) is 2. The van der Waals surface area contributed by atoms with Crippen molar-refractivity contribution in [1.82, 2.24) is 5.32 Å². The van der Waals surface area contributed by atoms with Crippen molar-refractivity contribution in [2.45, 2.75) is 378 Å². The first-order chi connectivity index (χ1) is 38.8. The van der Waals surface area contributed by atoms with Gasteiger partial charge in [-0.3, -0.25) is 4.79 Å². The molecule has 0 bridgehead atoms. The molecule has 6 N–H and O–H groups in total. The molecular weight excluding hydrogens is 983 g/mol. The number of aliphatic hydroxyl groups is 5. The largest absolute Gasteiger partial charge is 0.394 e. The molecule has 0 aromatic carbocycles. The van der Waals surface area contributed by atoms with Gasteiger partial charge in [0.15, 0.2) is 6.29 Å². The third-order valence-corrected chi connectivity index (χ3v) is 16.4. The van der Waals surface area contributed by atoms with Crippen molar-refractivity contribution in [2.24, 2.45) is 0 Å². The second kappa shape index (κ2) is 59.3. The van der Waals surface area contributed by atoms with E-state index in [1.54, 1.807) is 0 Å². The first-order valence-electron chi connectivity index (χ1n) is 34.3. The molecule has 79 heavy (non-hydrogen) atoms. The number of carbonyl (C=O) groups is 1. The van der Waals surface area contributed by atoms with Crippen LogP contribution in [0.5, 0.6) is 0 Å². The fourth-order valence-corrected chi connectivity index (χ4v) is 11.1. The molecule has 9 nitrogen and oxygen atoms in total. The standard InChI is InChI=1S/C70H131NO8/c1-3-5-7-9-11-13-15-17-19-21-23-25-26-27-28-29-30-31-32-33-34-35-36-37-38-40-42-44-46-48-50-52-54-56-58-60-66(74)71-63(62-78-70-69(77)68(76)67(75)65(61-72)79-70)64(73)59-57-55-53-51-49-47-45-43-41-39-24-22-20-18-16-14-12-10-8-6-4-2/h5,7,11,13,17,19,23,25,63-65,67-70,72-73,75-77H,3-4,6,8-10,12,14-16,18,20-22,24,26-62H2,1-2H3,(H,71,74)/b7-5-,13-11-,19-17-,25-23-. The lowest BCUT2D eigenvalue weighted by Gasteiger charge is -2.40. The third-order valence-electron chi connectivity index (χ3n) is 16.4. The van der Waals surface area contributed by atoms with Gasteiger partial charge in [0.1, 0.15) is 24.4 Å². The van der Waals surface area contributed by atoms with Crippen molar-refractivity contribution >= 4 is 5.91 Å². The van der Waals surface area contributed by atoms with Crippen LogP contribution >= 0.6 is 0 Å². The number of carbonyl (C=O) groups excluding carboxylic acids is 1. The van der Waals surface area contributed by atoms with E-state index in [9.17, 15) is 30.3 Å². The first-order valence-corrected chi connectivity index (χ1v) is 34.3. The van der Waals surface area contributed by atoms with Crippen molar-refractivity contribution in [2.75, 3.05) is 13.2 Å². The molecule has 1 heterocycles. The Balaban J connectivity index is 2.08. The maximum atomic E-state index is 13.1. The molecule has 0 aromatic rings. The molecule has 1 aliphatic rings. The van der Waals surface area contributed by atoms with E-state index in [1.807, 2.05) is 0 Å². The van der Waals surface area contributed by atoms with Gasteiger partial charge in [-0.15, -0.1) is 0 Å². The Labute approximate surface area is 488 Å². The van der Waals surface area contributed by atoms with Crippen LogP contribution in [0.4, 0.5) is 0 Å². The monoisotopic (exact) mass is 1110 g/mol. The topological polar surface area (TPSA) is 149 Å². The molecule has 464 valence electrons. The van der Waals surface area contributed by atoms with Crippen molar-refractivity contribution in [3.63, 3.8) is 0 Å². The summed E-state index contributed by atoms with van der Waals surface area (Å²) in [6.07, 6.45) is 73.2. The van der Waals surface area contributed by atoms with Crippen LogP contribution < -0.4 is 5.32 Å². The van der Waals surface area contributed by atoms with Gasteiger partial charge in [0.25, 0.3) is 0 Å². The first kappa shape index (κ1) is 75.2. The lowest BCUT2D eigenvalue weighted by atomic mass is 9.99.